The zero-order chi connectivity index (χ0) is 77.7. The Morgan fingerprint density at radius 2 is 0.829 bits per heavy atom. The standard InChI is InChI=1S/C104H104N4S3/c1-12-102(13-2,66-72-39-37-48-80(63-72)108(79-46-25-20-26-47-79)95-65-92-82-50-29-31-52-84(82)94(64-91(92)83-51-30-32-53-85(83)95)107(77-42-21-18-22-43-77)78-44-23-19-24-45-78)96(69-100(7,8)71-106)103(14-3,15-4)67-76(70-105)101(9,10)68-93(104(16-5,17-6)111-99(109)110-11)74-59-61-75(62-60-74)97-87-54-33-35-56-89(87)98(90-57-36-34-55-88(90)97)86-58-38-41-73-40-27-28-49-81(73)86/h18-65,76,93,96H,12-17,66-69H2,1-11H3. The van der Waals surface area contributed by atoms with Crippen molar-refractivity contribution in [3.8, 4) is 34.4 Å². The second-order valence-corrected chi connectivity index (χ2v) is 35.8. The van der Waals surface area contributed by atoms with Gasteiger partial charge in [-0.05, 0) is 247 Å². The number of hydrogen-bond donors (Lipinski definition) is 0. The van der Waals surface area contributed by atoms with Crippen LogP contribution in [0.3, 0.4) is 0 Å². The zero-order valence-corrected chi connectivity index (χ0v) is 69.0. The van der Waals surface area contributed by atoms with Crippen molar-refractivity contribution in [2.45, 2.75) is 144 Å². The van der Waals surface area contributed by atoms with Crippen LogP contribution in [0.4, 0.5) is 34.1 Å². The number of rotatable bonds is 28. The van der Waals surface area contributed by atoms with Gasteiger partial charge in [0.15, 0.2) is 0 Å². The van der Waals surface area contributed by atoms with Crippen LogP contribution < -0.4 is 9.80 Å². The number of thioether (sulfide) groups is 2. The van der Waals surface area contributed by atoms with E-state index in [4.69, 9.17) is 12.2 Å². The number of benzene rings is 14. The van der Waals surface area contributed by atoms with Crippen LogP contribution in [-0.4, -0.2) is 14.5 Å². The minimum Gasteiger partial charge on any atom is -0.310 e. The predicted octanol–water partition coefficient (Wildman–Crippen LogP) is 31.3. The van der Waals surface area contributed by atoms with Gasteiger partial charge in [0, 0.05) is 38.3 Å². The van der Waals surface area contributed by atoms with Gasteiger partial charge in [-0.15, -0.1) is 23.5 Å². The smallest absolute Gasteiger partial charge is 0.104 e. The summed E-state index contributed by atoms with van der Waals surface area (Å²) in [6.07, 6.45) is 10.6. The normalized spacial score (nSPS) is 13.2. The molecule has 0 bridgehead atoms. The Balaban J connectivity index is 0.838. The minimum atomic E-state index is -0.633. The fourth-order valence-corrected chi connectivity index (χ4v) is 21.7. The Labute approximate surface area is 674 Å². The van der Waals surface area contributed by atoms with Crippen LogP contribution in [-0.2, 0) is 6.42 Å². The van der Waals surface area contributed by atoms with Gasteiger partial charge in [0.1, 0.15) is 3.53 Å². The molecule has 0 spiro atoms. The summed E-state index contributed by atoms with van der Waals surface area (Å²) in [6, 6.07) is 114. The van der Waals surface area contributed by atoms with Gasteiger partial charge in [-0.25, -0.2) is 0 Å². The molecule has 0 radical (unpaired) electrons. The molecule has 0 fully saturated rings. The number of para-hydroxylation sites is 3. The molecule has 0 aromatic heterocycles. The van der Waals surface area contributed by atoms with Crippen molar-refractivity contribution in [2.24, 2.45) is 33.5 Å². The summed E-state index contributed by atoms with van der Waals surface area (Å²) in [4.78, 5) is 4.89. The molecule has 3 unspecified atom stereocenters. The first-order chi connectivity index (χ1) is 53.9. The molecule has 4 nitrogen and oxygen atoms in total. The van der Waals surface area contributed by atoms with Gasteiger partial charge in [-0.3, -0.25) is 0 Å². The van der Waals surface area contributed by atoms with Gasteiger partial charge < -0.3 is 9.80 Å². The molecule has 7 heteroatoms. The third-order valence-electron chi connectivity index (χ3n) is 25.7. The molecule has 0 amide bonds. The Hall–Kier alpha value is -9.99. The van der Waals surface area contributed by atoms with Crippen LogP contribution >= 0.6 is 35.7 Å². The molecule has 0 saturated heterocycles. The highest BCUT2D eigenvalue weighted by molar-refractivity contribution is 8.47. The fourth-order valence-electron chi connectivity index (χ4n) is 19.4. The lowest BCUT2D eigenvalue weighted by Gasteiger charge is -2.54. The van der Waals surface area contributed by atoms with Crippen molar-refractivity contribution >= 4 is 138 Å². The van der Waals surface area contributed by atoms with Gasteiger partial charge in [0.05, 0.1) is 34.8 Å². The van der Waals surface area contributed by atoms with E-state index in [-0.39, 0.29) is 33.3 Å². The third-order valence-corrected chi connectivity index (χ3v) is 29.0. The maximum Gasteiger partial charge on any atom is 0.104 e. The number of nitrogens with zero attached hydrogens (tertiary/aromatic N) is 4. The third kappa shape index (κ3) is 15.0. The van der Waals surface area contributed by atoms with E-state index in [1.165, 1.54) is 92.6 Å². The number of fused-ring (bicyclic) bond motifs is 8. The summed E-state index contributed by atoms with van der Waals surface area (Å²) < 4.78 is 0.704. The first-order valence-electron chi connectivity index (χ1n) is 40.3. The van der Waals surface area contributed by atoms with Crippen molar-refractivity contribution in [1.82, 2.24) is 0 Å². The molecule has 0 N–H and O–H groups in total. The Morgan fingerprint density at radius 1 is 0.405 bits per heavy atom. The topological polar surface area (TPSA) is 54.1 Å². The molecule has 14 aromatic rings. The van der Waals surface area contributed by atoms with Gasteiger partial charge in [-0.1, -0.05) is 311 Å². The maximum absolute atomic E-state index is 12.2. The summed E-state index contributed by atoms with van der Waals surface area (Å²) in [5, 5.41) is 38.0. The van der Waals surface area contributed by atoms with Crippen molar-refractivity contribution in [3.05, 3.63) is 302 Å². The lowest BCUT2D eigenvalue weighted by molar-refractivity contribution is -0.0385. The number of anilines is 6. The van der Waals surface area contributed by atoms with E-state index < -0.39 is 10.8 Å². The minimum absolute atomic E-state index is 0.0550. The first kappa shape index (κ1) is 77.7. The summed E-state index contributed by atoms with van der Waals surface area (Å²) in [7, 11) is 0. The zero-order valence-electron chi connectivity index (χ0n) is 66.5. The molecule has 0 saturated carbocycles. The van der Waals surface area contributed by atoms with E-state index in [2.05, 4.69) is 389 Å². The summed E-state index contributed by atoms with van der Waals surface area (Å²) in [6.45, 7) is 23.4. The second-order valence-electron chi connectivity index (χ2n) is 32.3. The largest absolute Gasteiger partial charge is 0.310 e. The number of hydrogen-bond acceptors (Lipinski definition) is 7. The number of thiocarbonyl (C=S) groups is 1. The Bertz CT molecular complexity index is 5640. The molecule has 3 atom stereocenters. The van der Waals surface area contributed by atoms with Crippen LogP contribution in [0.15, 0.2) is 291 Å². The van der Waals surface area contributed by atoms with Gasteiger partial charge >= 0.3 is 0 Å². The molecular formula is C104H104N4S3. The Kier molecular flexibility index (Phi) is 23.2. The summed E-state index contributed by atoms with van der Waals surface area (Å²) >= 11 is 9.80. The average molecular weight is 1510 g/mol. The van der Waals surface area contributed by atoms with E-state index in [0.717, 1.165) is 107 Å². The highest BCUT2D eigenvalue weighted by atomic mass is 32.2. The number of nitriles is 2. The predicted molar refractivity (Wildman–Crippen MR) is 487 cm³/mol. The average Bonchev–Trinajstić information content (AvgIpc) is 0.733. The van der Waals surface area contributed by atoms with Crippen LogP contribution in [0, 0.1) is 56.2 Å². The van der Waals surface area contributed by atoms with E-state index in [0.29, 0.717) is 0 Å². The molecule has 0 aliphatic rings. The Morgan fingerprint density at radius 3 is 1.30 bits per heavy atom. The van der Waals surface area contributed by atoms with Crippen LogP contribution in [0.1, 0.15) is 144 Å². The lowest BCUT2D eigenvalue weighted by Crippen LogP contribution is -2.47. The van der Waals surface area contributed by atoms with Crippen LogP contribution in [0.25, 0.3) is 86.9 Å². The maximum atomic E-state index is 12.2. The highest BCUT2D eigenvalue weighted by Crippen LogP contribution is 2.61. The van der Waals surface area contributed by atoms with Gasteiger partial charge in [-0.2, -0.15) is 10.5 Å². The van der Waals surface area contributed by atoms with Gasteiger partial charge in [0.2, 0.25) is 0 Å². The fraction of sp³-hybridized carbons (Fsp3) is 0.279. The van der Waals surface area contributed by atoms with Crippen LogP contribution in [0.5, 0.6) is 0 Å². The van der Waals surface area contributed by atoms with E-state index in [1.54, 1.807) is 11.8 Å². The van der Waals surface area contributed by atoms with Crippen molar-refractivity contribution in [2.75, 3.05) is 16.1 Å². The molecular weight excluding hydrogens is 1400 g/mol. The highest BCUT2D eigenvalue weighted by Gasteiger charge is 2.53. The molecule has 0 heterocycles. The molecule has 111 heavy (non-hydrogen) atoms. The molecule has 558 valence electrons. The van der Waals surface area contributed by atoms with Gasteiger partial charge in [0.25, 0.3) is 0 Å². The van der Waals surface area contributed by atoms with Crippen LogP contribution in [0.2, 0.25) is 0 Å². The molecule has 0 aliphatic heterocycles. The van der Waals surface area contributed by atoms with Crippen molar-refractivity contribution in [1.29, 1.82) is 10.5 Å². The SMILES string of the molecule is CCC(CC)(Cc1cccc(N(c2ccccc2)c2cc3c4ccccc4c(N(c4ccccc4)c4ccccc4)cc3c3ccccc23)c1)C(CC(C)(C)C#N)C(CC)(CC)CC(C#N)C(C)(C)CC(c1ccc(-c2c3ccccc3c(-c3cccc4ccccc34)c3ccccc23)cc1)C(CC)(CC)SC(=S)SC. The molecule has 14 rings (SSSR count). The van der Waals surface area contributed by atoms with E-state index >= 15 is 0 Å². The van der Waals surface area contributed by atoms with E-state index in [1.807, 2.05) is 11.8 Å². The van der Waals surface area contributed by atoms with Crippen molar-refractivity contribution < 1.29 is 0 Å². The second kappa shape index (κ2) is 33.1. The quantitative estimate of drug-likeness (QED) is 0.0275. The lowest BCUT2D eigenvalue weighted by atomic mass is 9.50. The monoisotopic (exact) mass is 1500 g/mol. The first-order valence-corrected chi connectivity index (χ1v) is 42.7. The summed E-state index contributed by atoms with van der Waals surface area (Å²) in [5.74, 6) is -0.168. The summed E-state index contributed by atoms with van der Waals surface area (Å²) in [5.41, 5.74) is 12.4. The molecule has 0 aliphatic carbocycles. The van der Waals surface area contributed by atoms with Crippen molar-refractivity contribution in [3.63, 3.8) is 0 Å². The molecule has 14 aromatic carbocycles. The van der Waals surface area contributed by atoms with E-state index in [9.17, 15) is 10.5 Å².